The highest BCUT2D eigenvalue weighted by atomic mass is 15.2. The van der Waals surface area contributed by atoms with E-state index in [-0.39, 0.29) is 6.04 Å². The van der Waals surface area contributed by atoms with Crippen molar-refractivity contribution in [3.05, 3.63) is 200 Å². The van der Waals surface area contributed by atoms with Gasteiger partial charge in [-0.05, 0) is 88.3 Å². The maximum Gasteiger partial charge on any atom is 0.131 e. The van der Waals surface area contributed by atoms with Crippen LogP contribution in [0.5, 0.6) is 0 Å². The molecule has 1 aliphatic carbocycles. The molecule has 53 heavy (non-hydrogen) atoms. The summed E-state index contributed by atoms with van der Waals surface area (Å²) in [5.41, 5.74) is 16.0. The van der Waals surface area contributed by atoms with E-state index >= 15 is 0 Å². The van der Waals surface area contributed by atoms with Gasteiger partial charge in [-0.25, -0.2) is 0 Å². The summed E-state index contributed by atoms with van der Waals surface area (Å²) >= 11 is 0. The normalized spacial score (nSPS) is 14.6. The number of fused-ring (bicyclic) bond motifs is 9. The van der Waals surface area contributed by atoms with E-state index in [0.717, 1.165) is 6.42 Å². The molecule has 3 aromatic heterocycles. The van der Waals surface area contributed by atoms with Crippen molar-refractivity contribution in [2.45, 2.75) is 12.5 Å². The number of benzene rings is 7. The van der Waals surface area contributed by atoms with Crippen molar-refractivity contribution in [3.63, 3.8) is 0 Å². The van der Waals surface area contributed by atoms with Gasteiger partial charge in [0.25, 0.3) is 0 Å². The van der Waals surface area contributed by atoms with E-state index < -0.39 is 0 Å². The lowest BCUT2D eigenvalue weighted by atomic mass is 9.95. The number of hydrogen-bond donors (Lipinski definition) is 0. The Labute approximate surface area is 307 Å². The van der Waals surface area contributed by atoms with Gasteiger partial charge < -0.3 is 4.90 Å². The van der Waals surface area contributed by atoms with E-state index in [1.807, 2.05) is 0 Å². The Morgan fingerprint density at radius 1 is 0.434 bits per heavy atom. The third-order valence-electron chi connectivity index (χ3n) is 11.2. The predicted octanol–water partition coefficient (Wildman–Crippen LogP) is 13.0. The second kappa shape index (κ2) is 11.9. The molecule has 0 saturated carbocycles. The zero-order chi connectivity index (χ0) is 34.9. The maximum absolute atomic E-state index is 2.48. The highest BCUT2D eigenvalue weighted by molar-refractivity contribution is 6.24. The fourth-order valence-corrected chi connectivity index (χ4v) is 8.69. The average molecular weight is 678 g/mol. The van der Waals surface area contributed by atoms with E-state index in [1.165, 1.54) is 88.6 Å². The molecule has 0 aliphatic heterocycles. The minimum atomic E-state index is 0.185. The predicted molar refractivity (Wildman–Crippen MR) is 223 cm³/mol. The zero-order valence-electron chi connectivity index (χ0n) is 29.1. The average Bonchev–Trinajstić information content (AvgIpc) is 3.87. The van der Waals surface area contributed by atoms with Gasteiger partial charge in [0.05, 0.1) is 28.1 Å². The van der Waals surface area contributed by atoms with Crippen LogP contribution in [0.4, 0.5) is 11.4 Å². The van der Waals surface area contributed by atoms with Crippen LogP contribution in [0.15, 0.2) is 194 Å². The summed E-state index contributed by atoms with van der Waals surface area (Å²) in [5.74, 6) is 0. The molecule has 0 fully saturated rings. The fourth-order valence-electron chi connectivity index (χ4n) is 8.69. The van der Waals surface area contributed by atoms with Crippen LogP contribution < -0.4 is 4.90 Å². The zero-order valence-corrected chi connectivity index (χ0v) is 29.1. The van der Waals surface area contributed by atoms with Gasteiger partial charge in [0.1, 0.15) is 5.65 Å². The number of hydrogen-bond acceptors (Lipinski definition) is 1. The van der Waals surface area contributed by atoms with Crippen LogP contribution in [0.1, 0.15) is 12.0 Å². The smallest absolute Gasteiger partial charge is 0.131 e. The van der Waals surface area contributed by atoms with Gasteiger partial charge in [0.2, 0.25) is 0 Å². The molecule has 3 heteroatoms. The first kappa shape index (κ1) is 29.8. The molecule has 10 aromatic rings. The van der Waals surface area contributed by atoms with E-state index in [0.29, 0.717) is 0 Å². The summed E-state index contributed by atoms with van der Waals surface area (Å²) in [7, 11) is 0. The monoisotopic (exact) mass is 677 g/mol. The highest BCUT2D eigenvalue weighted by Gasteiger charge is 2.24. The van der Waals surface area contributed by atoms with Gasteiger partial charge in [-0.1, -0.05) is 146 Å². The maximum atomic E-state index is 2.48. The molecule has 1 unspecified atom stereocenters. The summed E-state index contributed by atoms with van der Waals surface area (Å²) in [6.07, 6.45) is 7.95. The number of para-hydroxylation sites is 2. The van der Waals surface area contributed by atoms with Crippen molar-refractivity contribution in [2.24, 2.45) is 0 Å². The summed E-state index contributed by atoms with van der Waals surface area (Å²) < 4.78 is 4.91. The van der Waals surface area contributed by atoms with Crippen molar-refractivity contribution in [1.29, 1.82) is 0 Å². The molecule has 250 valence electrons. The molecular formula is C50H35N3. The number of anilines is 2. The quantitative estimate of drug-likeness (QED) is 0.171. The van der Waals surface area contributed by atoms with Crippen molar-refractivity contribution < 1.29 is 0 Å². The second-order valence-corrected chi connectivity index (χ2v) is 14.1. The first-order valence-electron chi connectivity index (χ1n) is 18.5. The molecule has 0 bridgehead atoms. The van der Waals surface area contributed by atoms with Gasteiger partial charge in [-0.15, -0.1) is 0 Å². The SMILES string of the molecule is C1=CC(N(c2ccc(-c3ccccc3)cc2)c2ccc(-c3ccc4c(c3)n3c5ccccc5c5c6ccccc6n4c53)cc2)CC=C1c1ccccc1. The molecule has 0 spiro atoms. The lowest BCUT2D eigenvalue weighted by Gasteiger charge is -2.33. The Kier molecular flexibility index (Phi) is 6.68. The molecule has 11 rings (SSSR count). The molecular weight excluding hydrogens is 643 g/mol. The molecule has 3 nitrogen and oxygen atoms in total. The van der Waals surface area contributed by atoms with Gasteiger partial charge in [-0.2, -0.15) is 0 Å². The van der Waals surface area contributed by atoms with Crippen LogP contribution in [-0.4, -0.2) is 14.8 Å². The van der Waals surface area contributed by atoms with Crippen LogP contribution in [-0.2, 0) is 0 Å². The van der Waals surface area contributed by atoms with Crippen molar-refractivity contribution >= 4 is 60.8 Å². The van der Waals surface area contributed by atoms with Gasteiger partial charge in [-0.3, -0.25) is 8.80 Å². The van der Waals surface area contributed by atoms with E-state index in [4.69, 9.17) is 0 Å². The molecule has 1 atom stereocenters. The summed E-state index contributed by atoms with van der Waals surface area (Å²) in [6.45, 7) is 0. The van der Waals surface area contributed by atoms with Gasteiger partial charge in [0.15, 0.2) is 0 Å². The molecule has 7 aromatic carbocycles. The molecule has 0 saturated heterocycles. The van der Waals surface area contributed by atoms with Crippen molar-refractivity contribution in [2.75, 3.05) is 4.90 Å². The third-order valence-corrected chi connectivity index (χ3v) is 11.2. The Hall–Kier alpha value is -6.84. The van der Waals surface area contributed by atoms with Crippen LogP contribution in [0, 0.1) is 0 Å². The largest absolute Gasteiger partial charge is 0.334 e. The Bertz CT molecular complexity index is 2990. The van der Waals surface area contributed by atoms with Crippen LogP contribution in [0.3, 0.4) is 0 Å². The summed E-state index contributed by atoms with van der Waals surface area (Å²) in [6, 6.07) is 64.2. The molecule has 0 amide bonds. The first-order valence-corrected chi connectivity index (χ1v) is 18.5. The lowest BCUT2D eigenvalue weighted by Crippen LogP contribution is -2.30. The second-order valence-electron chi connectivity index (χ2n) is 14.1. The van der Waals surface area contributed by atoms with Crippen molar-refractivity contribution in [1.82, 2.24) is 8.80 Å². The Morgan fingerprint density at radius 3 is 1.55 bits per heavy atom. The van der Waals surface area contributed by atoms with Crippen LogP contribution in [0.2, 0.25) is 0 Å². The van der Waals surface area contributed by atoms with Crippen molar-refractivity contribution in [3.8, 4) is 22.3 Å². The van der Waals surface area contributed by atoms with E-state index in [2.05, 4.69) is 208 Å². The van der Waals surface area contributed by atoms with E-state index in [1.54, 1.807) is 0 Å². The summed E-state index contributed by atoms with van der Waals surface area (Å²) in [5, 5.41) is 3.94. The van der Waals surface area contributed by atoms with Gasteiger partial charge >= 0.3 is 0 Å². The Balaban J connectivity index is 0.992. The van der Waals surface area contributed by atoms with E-state index in [9.17, 15) is 0 Å². The minimum absolute atomic E-state index is 0.185. The fraction of sp³-hybridized carbons (Fsp3) is 0.0400. The minimum Gasteiger partial charge on any atom is -0.334 e. The van der Waals surface area contributed by atoms with Gasteiger partial charge in [0, 0.05) is 27.5 Å². The Morgan fingerprint density at radius 2 is 0.943 bits per heavy atom. The number of nitrogens with zero attached hydrogens (tertiary/aromatic N) is 3. The first-order chi connectivity index (χ1) is 26.3. The summed E-state index contributed by atoms with van der Waals surface area (Å²) in [4.78, 5) is 2.48. The highest BCUT2D eigenvalue weighted by Crippen LogP contribution is 2.42. The lowest BCUT2D eigenvalue weighted by molar-refractivity contribution is 0.787. The molecule has 0 radical (unpaired) electrons. The standard InChI is InChI=1S/C50H35N3/c1-3-11-34(12-4-1)36-19-26-40(27-20-36)51(41-28-21-37(22-29-41)35-13-5-2-6-14-35)42-30-23-38(24-31-42)39-25-32-47-48(33-39)53-46-18-10-8-16-44(46)49-43-15-7-9-17-45(43)52(47)50(49)53/h1-28,30-33,41H,29H2. The number of allylic oxidation sites excluding steroid dienone is 2. The van der Waals surface area contributed by atoms with Crippen LogP contribution in [0.25, 0.3) is 71.7 Å². The number of imidazole rings is 1. The van der Waals surface area contributed by atoms with Crippen LogP contribution >= 0.6 is 0 Å². The molecule has 0 N–H and O–H groups in total. The number of rotatable bonds is 6. The number of aromatic nitrogens is 2. The molecule has 1 aliphatic rings. The molecule has 3 heterocycles. The topological polar surface area (TPSA) is 12.1 Å². The third kappa shape index (κ3) is 4.67.